The zero-order valence-electron chi connectivity index (χ0n) is 22.2. The van der Waals surface area contributed by atoms with E-state index in [4.69, 9.17) is 4.74 Å². The van der Waals surface area contributed by atoms with Gasteiger partial charge >= 0.3 is 6.09 Å². The molecule has 0 aromatic heterocycles. The van der Waals surface area contributed by atoms with E-state index in [0.717, 1.165) is 0 Å². The molecule has 2 aliphatic rings. The summed E-state index contributed by atoms with van der Waals surface area (Å²) in [5, 5.41) is 0. The number of ketones is 1. The molecule has 0 aliphatic carbocycles. The number of rotatable bonds is 5. The maximum atomic E-state index is 13.2. The molecule has 2 amide bonds. The number of likely N-dealkylation sites (tertiary alicyclic amines) is 1. The van der Waals surface area contributed by atoms with Crippen molar-refractivity contribution in [2.24, 2.45) is 5.92 Å². The topological polar surface area (TPSA) is 104 Å². The number of piperidine rings is 2. The molecule has 0 unspecified atom stereocenters. The van der Waals surface area contributed by atoms with Crippen LogP contribution < -0.4 is 4.90 Å². The van der Waals surface area contributed by atoms with Gasteiger partial charge < -0.3 is 14.5 Å². The zero-order chi connectivity index (χ0) is 26.9. The number of ether oxygens (including phenoxy) is 1. The number of Topliss-reactive ketones (excluding diaryl/α,β-unsaturated/α-hetero) is 1. The lowest BCUT2D eigenvalue weighted by atomic mass is 9.92. The van der Waals surface area contributed by atoms with Crippen LogP contribution in [0, 0.1) is 5.92 Å². The molecule has 0 saturated carbocycles. The summed E-state index contributed by atoms with van der Waals surface area (Å²) in [5.41, 5.74) is -0.119. The molecule has 3 rings (SSSR count). The quantitative estimate of drug-likeness (QED) is 0.587. The van der Waals surface area contributed by atoms with Crippen LogP contribution in [0.25, 0.3) is 0 Å². The number of sulfonamides is 1. The van der Waals surface area contributed by atoms with Gasteiger partial charge in [-0.15, -0.1) is 0 Å². The predicted molar refractivity (Wildman–Crippen MR) is 138 cm³/mol. The summed E-state index contributed by atoms with van der Waals surface area (Å²) in [7, 11) is -1.96. The molecule has 0 atom stereocenters. The van der Waals surface area contributed by atoms with Crippen LogP contribution in [0.2, 0.25) is 0 Å². The maximum absolute atomic E-state index is 13.2. The van der Waals surface area contributed by atoms with Gasteiger partial charge in [0.2, 0.25) is 15.9 Å². The van der Waals surface area contributed by atoms with E-state index in [1.165, 1.54) is 4.31 Å². The third-order valence-corrected chi connectivity index (χ3v) is 8.75. The molecule has 2 aliphatic heterocycles. The largest absolute Gasteiger partial charge is 0.444 e. The van der Waals surface area contributed by atoms with E-state index in [1.807, 2.05) is 20.8 Å². The Hall–Kier alpha value is -2.46. The Balaban J connectivity index is 1.64. The van der Waals surface area contributed by atoms with Crippen molar-refractivity contribution in [3.8, 4) is 0 Å². The maximum Gasteiger partial charge on any atom is 0.410 e. The van der Waals surface area contributed by atoms with Crippen LogP contribution in [0.3, 0.4) is 0 Å². The fourth-order valence-electron chi connectivity index (χ4n) is 4.88. The van der Waals surface area contributed by atoms with Crippen LogP contribution in [0.1, 0.15) is 65.9 Å². The van der Waals surface area contributed by atoms with Crippen LogP contribution in [0.4, 0.5) is 10.5 Å². The highest BCUT2D eigenvalue weighted by atomic mass is 32.2. The van der Waals surface area contributed by atoms with Crippen molar-refractivity contribution in [2.75, 3.05) is 31.6 Å². The average molecular weight is 522 g/mol. The molecule has 1 aromatic carbocycles. The predicted octanol–water partition coefficient (Wildman–Crippen LogP) is 3.57. The summed E-state index contributed by atoms with van der Waals surface area (Å²) in [6.45, 7) is 10.1. The molecule has 2 heterocycles. The second-order valence-electron chi connectivity index (χ2n) is 11.4. The highest BCUT2D eigenvalue weighted by Gasteiger charge is 2.41. The van der Waals surface area contributed by atoms with E-state index in [-0.39, 0.29) is 48.8 Å². The van der Waals surface area contributed by atoms with Crippen molar-refractivity contribution in [3.63, 3.8) is 0 Å². The minimum atomic E-state index is -3.65. The molecule has 200 valence electrons. The van der Waals surface area contributed by atoms with Crippen LogP contribution in [-0.4, -0.2) is 73.2 Å². The molecule has 2 saturated heterocycles. The van der Waals surface area contributed by atoms with Gasteiger partial charge in [-0.05, 0) is 65.2 Å². The van der Waals surface area contributed by atoms with Gasteiger partial charge in [-0.25, -0.2) is 13.2 Å². The minimum absolute atomic E-state index is 0.0606. The molecule has 2 fully saturated rings. The third-order valence-electron chi connectivity index (χ3n) is 6.71. The van der Waals surface area contributed by atoms with Crippen molar-refractivity contribution in [1.29, 1.82) is 0 Å². The van der Waals surface area contributed by atoms with Crippen LogP contribution in [0.5, 0.6) is 0 Å². The summed E-state index contributed by atoms with van der Waals surface area (Å²) in [6, 6.07) is 7.00. The standard InChI is InChI=1S/C26H39N3O6S/c1-25(2,3)35-24(32)28-13-10-20(11-14-28)23(31)27(6)21-9-7-8-19(16-21)18-36(33,34)29-15-12-22(30)17-26(29,4)5/h7-9,16,20H,10-15,17-18H2,1-6H3. The number of carbonyl (C=O) groups excluding carboxylic acids is 3. The molecule has 9 nitrogen and oxygen atoms in total. The number of carbonyl (C=O) groups is 3. The Labute approximate surface area is 214 Å². The van der Waals surface area contributed by atoms with E-state index in [1.54, 1.807) is 55.0 Å². The van der Waals surface area contributed by atoms with Gasteiger partial charge in [-0.2, -0.15) is 4.31 Å². The molecule has 36 heavy (non-hydrogen) atoms. The Morgan fingerprint density at radius 1 is 1.14 bits per heavy atom. The van der Waals surface area contributed by atoms with Gasteiger partial charge in [-0.1, -0.05) is 12.1 Å². The summed E-state index contributed by atoms with van der Waals surface area (Å²) in [4.78, 5) is 40.5. The minimum Gasteiger partial charge on any atom is -0.444 e. The Morgan fingerprint density at radius 3 is 2.36 bits per heavy atom. The van der Waals surface area contributed by atoms with Gasteiger partial charge in [0.15, 0.2) is 0 Å². The number of nitrogens with zero attached hydrogens (tertiary/aromatic N) is 3. The fraction of sp³-hybridized carbons (Fsp3) is 0.654. The van der Waals surface area contributed by atoms with Gasteiger partial charge in [-0.3, -0.25) is 9.59 Å². The molecular weight excluding hydrogens is 482 g/mol. The lowest BCUT2D eigenvalue weighted by molar-refractivity contribution is -0.124. The van der Waals surface area contributed by atoms with Crippen molar-refractivity contribution in [2.45, 2.75) is 77.2 Å². The first-order valence-electron chi connectivity index (χ1n) is 12.5. The number of hydrogen-bond donors (Lipinski definition) is 0. The van der Waals surface area contributed by atoms with Gasteiger partial charge in [0.25, 0.3) is 0 Å². The molecular formula is C26H39N3O6S. The molecule has 0 N–H and O–H groups in total. The van der Waals surface area contributed by atoms with Gasteiger partial charge in [0, 0.05) is 56.7 Å². The van der Waals surface area contributed by atoms with Gasteiger partial charge in [0.1, 0.15) is 11.4 Å². The average Bonchev–Trinajstić information content (AvgIpc) is 2.76. The lowest BCUT2D eigenvalue weighted by Gasteiger charge is -2.40. The van der Waals surface area contributed by atoms with Crippen LogP contribution in [0.15, 0.2) is 24.3 Å². The molecule has 0 radical (unpaired) electrons. The Bertz CT molecular complexity index is 1100. The lowest BCUT2D eigenvalue weighted by Crippen LogP contribution is -2.53. The monoisotopic (exact) mass is 521 g/mol. The van der Waals surface area contributed by atoms with Crippen molar-refractivity contribution >= 4 is 33.5 Å². The highest BCUT2D eigenvalue weighted by molar-refractivity contribution is 7.88. The first-order chi connectivity index (χ1) is 16.6. The van der Waals surface area contributed by atoms with Crippen molar-refractivity contribution in [3.05, 3.63) is 29.8 Å². The van der Waals surface area contributed by atoms with E-state index in [0.29, 0.717) is 37.2 Å². The summed E-state index contributed by atoms with van der Waals surface area (Å²) in [6.07, 6.45) is 1.15. The molecule has 0 bridgehead atoms. The Kier molecular flexibility index (Phi) is 8.20. The summed E-state index contributed by atoms with van der Waals surface area (Å²) >= 11 is 0. The number of benzene rings is 1. The number of hydrogen-bond acceptors (Lipinski definition) is 6. The van der Waals surface area contributed by atoms with Gasteiger partial charge in [0.05, 0.1) is 5.75 Å². The van der Waals surface area contributed by atoms with Crippen LogP contribution in [-0.2, 0) is 30.1 Å². The summed E-state index contributed by atoms with van der Waals surface area (Å²) in [5.74, 6) is -0.415. The second-order valence-corrected chi connectivity index (χ2v) is 13.3. The third kappa shape index (κ3) is 6.85. The first-order valence-corrected chi connectivity index (χ1v) is 14.1. The van der Waals surface area contributed by atoms with E-state index >= 15 is 0 Å². The van der Waals surface area contributed by atoms with E-state index in [2.05, 4.69) is 0 Å². The number of anilines is 1. The van der Waals surface area contributed by atoms with E-state index < -0.39 is 21.2 Å². The van der Waals surface area contributed by atoms with Crippen molar-refractivity contribution in [1.82, 2.24) is 9.21 Å². The van der Waals surface area contributed by atoms with Crippen molar-refractivity contribution < 1.29 is 27.5 Å². The molecule has 10 heteroatoms. The zero-order valence-corrected chi connectivity index (χ0v) is 23.1. The molecule has 1 aromatic rings. The molecule has 0 spiro atoms. The second kappa shape index (κ2) is 10.5. The summed E-state index contributed by atoms with van der Waals surface area (Å²) < 4.78 is 33.3. The SMILES string of the molecule is CN(C(=O)C1CCN(C(=O)OC(C)(C)C)CC1)c1cccc(CS(=O)(=O)N2CCC(=O)CC2(C)C)c1. The Morgan fingerprint density at radius 2 is 1.78 bits per heavy atom. The normalized spacial score (nSPS) is 19.7. The smallest absolute Gasteiger partial charge is 0.410 e. The highest BCUT2D eigenvalue weighted by Crippen LogP contribution is 2.31. The first kappa shape index (κ1) is 28.1. The van der Waals surface area contributed by atoms with Crippen LogP contribution >= 0.6 is 0 Å². The fourth-order valence-corrected chi connectivity index (χ4v) is 6.83. The van der Waals surface area contributed by atoms with E-state index in [9.17, 15) is 22.8 Å². The number of amides is 2.